The van der Waals surface area contributed by atoms with E-state index in [9.17, 15) is 0 Å². The van der Waals surface area contributed by atoms with Crippen molar-refractivity contribution in [2.45, 2.75) is 26.4 Å². The highest BCUT2D eigenvalue weighted by Crippen LogP contribution is 2.49. The number of nitrogens with zero attached hydrogens (tertiary/aromatic N) is 4. The summed E-state index contributed by atoms with van der Waals surface area (Å²) in [6, 6.07) is 10.7. The smallest absolute Gasteiger partial charge is 0.139 e. The van der Waals surface area contributed by atoms with Gasteiger partial charge >= 0.3 is 0 Å². The van der Waals surface area contributed by atoms with Crippen molar-refractivity contribution in [3.63, 3.8) is 0 Å². The van der Waals surface area contributed by atoms with E-state index in [0.717, 1.165) is 61.0 Å². The monoisotopic (exact) mass is 377 g/mol. The first-order chi connectivity index (χ1) is 13.6. The molecule has 1 aliphatic carbocycles. The number of rotatable bonds is 8. The van der Waals surface area contributed by atoms with Gasteiger partial charge in [-0.2, -0.15) is 0 Å². The summed E-state index contributed by atoms with van der Waals surface area (Å²) in [6.07, 6.45) is 7.05. The fraction of sp³-hybridized carbons (Fsp3) is 0.478. The van der Waals surface area contributed by atoms with Crippen LogP contribution in [-0.4, -0.2) is 42.1 Å². The molecule has 0 bridgehead atoms. The molecule has 1 aliphatic heterocycles. The van der Waals surface area contributed by atoms with Gasteiger partial charge in [0.05, 0.1) is 12.2 Å². The Morgan fingerprint density at radius 1 is 1.11 bits per heavy atom. The molecule has 4 rings (SSSR count). The lowest BCUT2D eigenvalue weighted by Gasteiger charge is -2.23. The second-order valence-electron chi connectivity index (χ2n) is 8.35. The summed E-state index contributed by atoms with van der Waals surface area (Å²) in [4.78, 5) is 13.8. The summed E-state index contributed by atoms with van der Waals surface area (Å²) < 4.78 is 0. The van der Waals surface area contributed by atoms with E-state index in [-0.39, 0.29) is 0 Å². The van der Waals surface area contributed by atoms with Crippen LogP contribution in [-0.2, 0) is 13.1 Å². The van der Waals surface area contributed by atoms with Gasteiger partial charge in [-0.05, 0) is 55.6 Å². The molecule has 2 aromatic rings. The van der Waals surface area contributed by atoms with Gasteiger partial charge in [0, 0.05) is 25.7 Å². The van der Waals surface area contributed by atoms with Crippen LogP contribution in [0.3, 0.4) is 0 Å². The third kappa shape index (κ3) is 4.20. The Hall–Kier alpha value is -2.40. The Balaban J connectivity index is 1.29. The minimum atomic E-state index is 0.756. The predicted molar refractivity (Wildman–Crippen MR) is 115 cm³/mol. The first-order valence-corrected chi connectivity index (χ1v) is 10.3. The zero-order valence-corrected chi connectivity index (χ0v) is 17.2. The summed E-state index contributed by atoms with van der Waals surface area (Å²) in [7, 11) is 4.40. The molecular formula is C23H31N5. The standard InChI is InChI=1S/C23H31N5/c1-17-19(10-12-27(2)14-18-7-5-4-6-8-18)21(17)15-28(3)23-20-9-11-24-13-22(20)25-16-26-23/h4-9,11,16-17,19,21,24H,10,12-15H2,1-3H3. The lowest BCUT2D eigenvalue weighted by Crippen LogP contribution is -2.25. The van der Waals surface area contributed by atoms with Gasteiger partial charge in [-0.15, -0.1) is 0 Å². The minimum Gasteiger partial charge on any atom is -0.385 e. The average molecular weight is 378 g/mol. The molecule has 0 amide bonds. The molecule has 1 fully saturated rings. The van der Waals surface area contributed by atoms with Gasteiger partial charge in [0.1, 0.15) is 12.1 Å². The van der Waals surface area contributed by atoms with E-state index < -0.39 is 0 Å². The van der Waals surface area contributed by atoms with Crippen LogP contribution in [0.1, 0.15) is 30.2 Å². The third-order valence-corrected chi connectivity index (χ3v) is 6.33. The van der Waals surface area contributed by atoms with E-state index in [1.165, 1.54) is 12.0 Å². The molecule has 3 atom stereocenters. The van der Waals surface area contributed by atoms with E-state index >= 15 is 0 Å². The Bertz CT molecular complexity index is 819. The van der Waals surface area contributed by atoms with Crippen LogP contribution < -0.4 is 10.2 Å². The van der Waals surface area contributed by atoms with Gasteiger partial charge in [0.2, 0.25) is 0 Å². The molecule has 3 unspecified atom stereocenters. The number of nitrogens with one attached hydrogen (secondary N) is 1. The van der Waals surface area contributed by atoms with Crippen molar-refractivity contribution in [3.05, 3.63) is 59.7 Å². The fourth-order valence-corrected chi connectivity index (χ4v) is 4.50. The number of aromatic nitrogens is 2. The molecule has 0 saturated heterocycles. The topological polar surface area (TPSA) is 44.3 Å². The van der Waals surface area contributed by atoms with Gasteiger partial charge in [0.15, 0.2) is 0 Å². The molecule has 1 saturated carbocycles. The van der Waals surface area contributed by atoms with Crippen molar-refractivity contribution in [2.24, 2.45) is 17.8 Å². The number of benzene rings is 1. The van der Waals surface area contributed by atoms with Crippen LogP contribution in [0.15, 0.2) is 42.9 Å². The Kier molecular flexibility index (Phi) is 5.62. The summed E-state index contributed by atoms with van der Waals surface area (Å²) in [5.74, 6) is 3.42. The molecule has 1 N–H and O–H groups in total. The molecule has 0 spiro atoms. The Morgan fingerprint density at radius 3 is 2.75 bits per heavy atom. The van der Waals surface area contributed by atoms with E-state index in [1.807, 2.05) is 6.20 Å². The second-order valence-corrected chi connectivity index (χ2v) is 8.35. The molecule has 0 radical (unpaired) electrons. The first-order valence-electron chi connectivity index (χ1n) is 10.3. The summed E-state index contributed by atoms with van der Waals surface area (Å²) in [5, 5.41) is 3.22. The maximum absolute atomic E-state index is 4.57. The molecule has 5 nitrogen and oxygen atoms in total. The van der Waals surface area contributed by atoms with Gasteiger partial charge in [-0.1, -0.05) is 37.3 Å². The largest absolute Gasteiger partial charge is 0.385 e. The second kappa shape index (κ2) is 8.31. The zero-order valence-electron chi connectivity index (χ0n) is 17.2. The van der Waals surface area contributed by atoms with E-state index in [2.05, 4.69) is 82.5 Å². The van der Waals surface area contributed by atoms with Crippen molar-refractivity contribution in [3.8, 4) is 0 Å². The van der Waals surface area contributed by atoms with Crippen LogP contribution in [0.5, 0.6) is 0 Å². The van der Waals surface area contributed by atoms with Crippen LogP contribution in [0.2, 0.25) is 0 Å². The predicted octanol–water partition coefficient (Wildman–Crippen LogP) is 3.39. The summed E-state index contributed by atoms with van der Waals surface area (Å²) >= 11 is 0. The molecule has 2 heterocycles. The molecular weight excluding hydrogens is 346 g/mol. The zero-order chi connectivity index (χ0) is 19.5. The molecule has 5 heteroatoms. The van der Waals surface area contributed by atoms with Gasteiger partial charge in [-0.3, -0.25) is 0 Å². The molecule has 2 aliphatic rings. The van der Waals surface area contributed by atoms with Crippen molar-refractivity contribution in [1.29, 1.82) is 0 Å². The van der Waals surface area contributed by atoms with E-state index in [0.29, 0.717) is 0 Å². The number of fused-ring (bicyclic) bond motifs is 1. The number of anilines is 1. The van der Waals surface area contributed by atoms with Gasteiger partial charge in [0.25, 0.3) is 0 Å². The van der Waals surface area contributed by atoms with Crippen molar-refractivity contribution in [2.75, 3.05) is 32.1 Å². The lowest BCUT2D eigenvalue weighted by atomic mass is 10.1. The van der Waals surface area contributed by atoms with E-state index in [4.69, 9.17) is 0 Å². The quantitative estimate of drug-likeness (QED) is 0.764. The maximum atomic E-state index is 4.57. The maximum Gasteiger partial charge on any atom is 0.139 e. The van der Waals surface area contributed by atoms with Crippen molar-refractivity contribution >= 4 is 11.9 Å². The first kappa shape index (κ1) is 18.9. The van der Waals surface area contributed by atoms with Crippen LogP contribution in [0.4, 0.5) is 5.82 Å². The molecule has 1 aromatic heterocycles. The highest BCUT2D eigenvalue weighted by Gasteiger charge is 2.46. The third-order valence-electron chi connectivity index (χ3n) is 6.33. The lowest BCUT2D eigenvalue weighted by molar-refractivity contribution is 0.310. The van der Waals surface area contributed by atoms with Crippen LogP contribution in [0, 0.1) is 17.8 Å². The number of hydrogen-bond acceptors (Lipinski definition) is 5. The molecule has 28 heavy (non-hydrogen) atoms. The van der Waals surface area contributed by atoms with Crippen LogP contribution >= 0.6 is 0 Å². The summed E-state index contributed by atoms with van der Waals surface area (Å²) in [5.41, 5.74) is 3.64. The fourth-order valence-electron chi connectivity index (χ4n) is 4.50. The van der Waals surface area contributed by atoms with Crippen molar-refractivity contribution in [1.82, 2.24) is 20.2 Å². The summed E-state index contributed by atoms with van der Waals surface area (Å²) in [6.45, 7) is 6.44. The molecule has 148 valence electrons. The van der Waals surface area contributed by atoms with E-state index in [1.54, 1.807) is 6.33 Å². The molecule has 1 aromatic carbocycles. The highest BCUT2D eigenvalue weighted by molar-refractivity contribution is 5.66. The Labute approximate surface area is 168 Å². The van der Waals surface area contributed by atoms with Crippen molar-refractivity contribution < 1.29 is 0 Å². The number of hydrogen-bond donors (Lipinski definition) is 1. The van der Waals surface area contributed by atoms with Crippen LogP contribution in [0.25, 0.3) is 6.08 Å². The average Bonchev–Trinajstić information content (AvgIpc) is 3.33. The van der Waals surface area contributed by atoms with Gasteiger partial charge in [-0.25, -0.2) is 9.97 Å². The Morgan fingerprint density at radius 2 is 1.93 bits per heavy atom. The van der Waals surface area contributed by atoms with Gasteiger partial charge < -0.3 is 15.1 Å². The normalized spacial score (nSPS) is 22.6. The SMILES string of the molecule is CC1C(CCN(C)Cc2ccccc2)C1CN(C)c1ncnc2c1C=CNC2. The highest BCUT2D eigenvalue weighted by atomic mass is 15.2. The minimum absolute atomic E-state index is 0.756.